The second-order valence-electron chi connectivity index (χ2n) is 2.60. The number of rotatable bonds is 1. The average molecular weight is 171 g/mol. The second kappa shape index (κ2) is 4.18. The van der Waals surface area contributed by atoms with Crippen molar-refractivity contribution in [3.05, 3.63) is 29.3 Å². The Morgan fingerprint density at radius 1 is 1.31 bits per heavy atom. The van der Waals surface area contributed by atoms with Crippen LogP contribution >= 0.6 is 0 Å². The molecule has 64 valence electrons. The van der Waals surface area contributed by atoms with Crippen LogP contribution in [0.15, 0.2) is 18.2 Å². The first kappa shape index (κ1) is 9.16. The Kier molecular flexibility index (Phi) is 2.95. The van der Waals surface area contributed by atoms with E-state index >= 15 is 0 Å². The summed E-state index contributed by atoms with van der Waals surface area (Å²) in [5.41, 5.74) is 1.87. The van der Waals surface area contributed by atoms with Gasteiger partial charge in [0.1, 0.15) is 5.75 Å². The smallest absolute Gasteiger partial charge is 0.152 e. The van der Waals surface area contributed by atoms with Crippen molar-refractivity contribution in [2.75, 3.05) is 7.11 Å². The van der Waals surface area contributed by atoms with Gasteiger partial charge in [-0.2, -0.15) is 5.26 Å². The number of benzene rings is 1. The highest BCUT2D eigenvalue weighted by molar-refractivity contribution is 5.44. The Bertz CT molecular complexity index is 404. The minimum atomic E-state index is 0.766. The molecule has 0 radical (unpaired) electrons. The lowest BCUT2D eigenvalue weighted by Crippen LogP contribution is -1.85. The van der Waals surface area contributed by atoms with Gasteiger partial charge in [-0.3, -0.25) is 0 Å². The monoisotopic (exact) mass is 171 g/mol. The molecule has 1 rings (SSSR count). The van der Waals surface area contributed by atoms with Crippen LogP contribution in [0.4, 0.5) is 0 Å². The summed E-state index contributed by atoms with van der Waals surface area (Å²) >= 11 is 0. The molecule has 0 atom stereocenters. The highest BCUT2D eigenvalue weighted by atomic mass is 16.5. The third-order valence-corrected chi connectivity index (χ3v) is 1.55. The van der Waals surface area contributed by atoms with Crippen LogP contribution in [-0.4, -0.2) is 7.11 Å². The standard InChI is InChI=1S/C11H9NO/c1-9-6-10(4-3-5-12)8-11(7-9)13-2/h6-8H,1-2H3. The number of hydrogen-bond acceptors (Lipinski definition) is 2. The molecule has 0 amide bonds. The van der Waals surface area contributed by atoms with Crippen molar-refractivity contribution in [2.45, 2.75) is 6.92 Å². The van der Waals surface area contributed by atoms with Crippen molar-refractivity contribution in [2.24, 2.45) is 0 Å². The average Bonchev–Trinajstić information content (AvgIpc) is 2.14. The number of aryl methyl sites for hydroxylation is 1. The van der Waals surface area contributed by atoms with Crippen molar-refractivity contribution >= 4 is 0 Å². The van der Waals surface area contributed by atoms with Gasteiger partial charge in [-0.1, -0.05) is 5.92 Å². The lowest BCUT2D eigenvalue weighted by Gasteiger charge is -2.01. The molecule has 0 saturated carbocycles. The van der Waals surface area contributed by atoms with Crippen LogP contribution in [0, 0.1) is 30.1 Å². The number of nitriles is 1. The number of ether oxygens (including phenoxy) is 1. The summed E-state index contributed by atoms with van der Waals surface area (Å²) in [6.45, 7) is 1.96. The summed E-state index contributed by atoms with van der Waals surface area (Å²) in [6, 6.07) is 7.40. The Morgan fingerprint density at radius 2 is 2.08 bits per heavy atom. The summed E-state index contributed by atoms with van der Waals surface area (Å²) in [4.78, 5) is 0. The van der Waals surface area contributed by atoms with Gasteiger partial charge in [-0.15, -0.1) is 0 Å². The van der Waals surface area contributed by atoms with Crippen LogP contribution in [0.3, 0.4) is 0 Å². The first-order valence-corrected chi connectivity index (χ1v) is 3.82. The normalized spacial score (nSPS) is 8.08. The maximum Gasteiger partial charge on any atom is 0.152 e. The quantitative estimate of drug-likeness (QED) is 0.604. The molecule has 0 heterocycles. The van der Waals surface area contributed by atoms with Gasteiger partial charge >= 0.3 is 0 Å². The van der Waals surface area contributed by atoms with E-state index in [0.717, 1.165) is 16.9 Å². The lowest BCUT2D eigenvalue weighted by atomic mass is 10.1. The number of hydrogen-bond donors (Lipinski definition) is 0. The second-order valence-corrected chi connectivity index (χ2v) is 2.60. The van der Waals surface area contributed by atoms with Crippen LogP contribution < -0.4 is 4.74 Å². The number of nitrogens with zero attached hydrogens (tertiary/aromatic N) is 1. The van der Waals surface area contributed by atoms with Gasteiger partial charge in [0.25, 0.3) is 0 Å². The molecule has 2 heteroatoms. The van der Waals surface area contributed by atoms with E-state index in [-0.39, 0.29) is 0 Å². The van der Waals surface area contributed by atoms with Crippen LogP contribution in [0.5, 0.6) is 5.75 Å². The molecular weight excluding hydrogens is 162 g/mol. The third-order valence-electron chi connectivity index (χ3n) is 1.55. The van der Waals surface area contributed by atoms with E-state index in [1.54, 1.807) is 19.2 Å². The Hall–Kier alpha value is -1.93. The van der Waals surface area contributed by atoms with Gasteiger partial charge in [-0.05, 0) is 30.7 Å². The molecule has 13 heavy (non-hydrogen) atoms. The Labute approximate surface area is 77.8 Å². The van der Waals surface area contributed by atoms with Gasteiger partial charge in [-0.25, -0.2) is 0 Å². The van der Waals surface area contributed by atoms with Crippen LogP contribution in [0.25, 0.3) is 0 Å². The van der Waals surface area contributed by atoms with E-state index in [0.29, 0.717) is 0 Å². The SMILES string of the molecule is COc1cc(C)cc(C#CC#N)c1. The van der Waals surface area contributed by atoms with Crippen LogP contribution in [-0.2, 0) is 0 Å². The topological polar surface area (TPSA) is 33.0 Å². The highest BCUT2D eigenvalue weighted by Gasteiger charge is 1.95. The highest BCUT2D eigenvalue weighted by Crippen LogP contribution is 2.15. The van der Waals surface area contributed by atoms with Crippen molar-refractivity contribution in [3.63, 3.8) is 0 Å². The summed E-state index contributed by atoms with van der Waals surface area (Å²) in [5.74, 6) is 5.83. The molecule has 1 aromatic rings. The summed E-state index contributed by atoms with van der Waals surface area (Å²) in [7, 11) is 1.61. The first-order valence-electron chi connectivity index (χ1n) is 3.82. The van der Waals surface area contributed by atoms with E-state index < -0.39 is 0 Å². The summed E-state index contributed by atoms with van der Waals surface area (Å²) in [5, 5.41) is 8.27. The maximum atomic E-state index is 8.27. The van der Waals surface area contributed by atoms with Crippen LogP contribution in [0.2, 0.25) is 0 Å². The zero-order chi connectivity index (χ0) is 9.68. The van der Waals surface area contributed by atoms with Crippen molar-refractivity contribution in [3.8, 4) is 23.7 Å². The van der Waals surface area contributed by atoms with Gasteiger partial charge < -0.3 is 4.74 Å². The van der Waals surface area contributed by atoms with Crippen molar-refractivity contribution < 1.29 is 4.74 Å². The molecule has 0 aliphatic heterocycles. The zero-order valence-electron chi connectivity index (χ0n) is 7.59. The number of methoxy groups -OCH3 is 1. The van der Waals surface area contributed by atoms with E-state index in [2.05, 4.69) is 11.8 Å². The fourth-order valence-electron chi connectivity index (χ4n) is 1.04. The van der Waals surface area contributed by atoms with Gasteiger partial charge in [0.05, 0.1) is 7.11 Å². The predicted molar refractivity (Wildman–Crippen MR) is 50.2 cm³/mol. The third kappa shape index (κ3) is 2.54. The molecule has 0 aromatic heterocycles. The predicted octanol–water partition coefficient (Wildman–Crippen LogP) is 1.88. The molecule has 0 fully saturated rings. The first-order chi connectivity index (χ1) is 6.26. The fraction of sp³-hybridized carbons (Fsp3) is 0.182. The van der Waals surface area contributed by atoms with Crippen LogP contribution in [0.1, 0.15) is 11.1 Å². The molecule has 1 aromatic carbocycles. The molecule has 0 unspecified atom stereocenters. The van der Waals surface area contributed by atoms with Gasteiger partial charge in [0.2, 0.25) is 0 Å². The van der Waals surface area contributed by atoms with Gasteiger partial charge in [0.15, 0.2) is 6.07 Å². The Morgan fingerprint density at radius 3 is 2.69 bits per heavy atom. The van der Waals surface area contributed by atoms with Crippen molar-refractivity contribution in [1.82, 2.24) is 0 Å². The molecule has 0 bridgehead atoms. The van der Waals surface area contributed by atoms with E-state index in [1.165, 1.54) is 0 Å². The van der Waals surface area contributed by atoms with E-state index in [4.69, 9.17) is 10.00 Å². The molecule has 0 aliphatic carbocycles. The summed E-state index contributed by atoms with van der Waals surface area (Å²) < 4.78 is 5.06. The maximum absolute atomic E-state index is 8.27. The largest absolute Gasteiger partial charge is 0.497 e. The fourth-order valence-corrected chi connectivity index (χ4v) is 1.04. The van der Waals surface area contributed by atoms with Crippen molar-refractivity contribution in [1.29, 1.82) is 5.26 Å². The molecular formula is C11H9NO. The molecule has 2 nitrogen and oxygen atoms in total. The van der Waals surface area contributed by atoms with Gasteiger partial charge in [0, 0.05) is 11.5 Å². The zero-order valence-corrected chi connectivity index (χ0v) is 7.59. The Balaban J connectivity index is 3.10. The lowest BCUT2D eigenvalue weighted by molar-refractivity contribution is 0.414. The summed E-state index contributed by atoms with van der Waals surface area (Å²) in [6.07, 6.45) is 0. The minimum Gasteiger partial charge on any atom is -0.497 e. The van der Waals surface area contributed by atoms with E-state index in [1.807, 2.05) is 19.1 Å². The van der Waals surface area contributed by atoms with E-state index in [9.17, 15) is 0 Å². The molecule has 0 N–H and O–H groups in total. The minimum absolute atomic E-state index is 0.766. The molecule has 0 spiro atoms. The molecule has 0 saturated heterocycles. The molecule has 0 aliphatic rings.